The van der Waals surface area contributed by atoms with Gasteiger partial charge in [-0.15, -0.1) is 0 Å². The first-order chi connectivity index (χ1) is 12.2. The van der Waals surface area contributed by atoms with Crippen molar-refractivity contribution < 1.29 is 13.2 Å². The van der Waals surface area contributed by atoms with Gasteiger partial charge in [-0.05, 0) is 49.6 Å². The van der Waals surface area contributed by atoms with Crippen molar-refractivity contribution in [1.82, 2.24) is 4.90 Å². The minimum Gasteiger partial charge on any atom is -0.335 e. The van der Waals surface area contributed by atoms with Gasteiger partial charge in [0.25, 0.3) is 5.91 Å². The summed E-state index contributed by atoms with van der Waals surface area (Å²) in [5.74, 6) is -0.0744. The molecule has 0 unspecified atom stereocenters. The topological polar surface area (TPSA) is 57.7 Å². The summed E-state index contributed by atoms with van der Waals surface area (Å²) in [6.45, 7) is 3.88. The number of hydrogen-bond acceptors (Lipinski definition) is 3. The molecule has 1 aliphatic heterocycles. The number of carbonyl (C=O) groups excluding carboxylic acids is 1. The molecule has 0 spiro atoms. The highest BCUT2D eigenvalue weighted by Gasteiger charge is 2.33. The Hall–Kier alpha value is -2.34. The maximum atomic E-state index is 12.9. The molecule has 6 heteroatoms. The fourth-order valence-electron chi connectivity index (χ4n) is 3.58. The Bertz CT molecular complexity index is 925. The third-order valence-electron chi connectivity index (χ3n) is 5.02. The lowest BCUT2D eigenvalue weighted by Crippen LogP contribution is -2.34. The second kappa shape index (κ2) is 6.76. The number of amides is 1. The molecule has 0 N–H and O–H groups in total. The Kier molecular flexibility index (Phi) is 4.80. The second-order valence-corrected chi connectivity index (χ2v) is 8.82. The van der Waals surface area contributed by atoms with Crippen LogP contribution < -0.4 is 4.31 Å². The van der Waals surface area contributed by atoms with Crippen LogP contribution in [0.1, 0.15) is 41.4 Å². The minimum atomic E-state index is -3.33. The first kappa shape index (κ1) is 18.5. The average Bonchev–Trinajstić information content (AvgIpc) is 2.95. The van der Waals surface area contributed by atoms with E-state index in [4.69, 9.17) is 0 Å². The van der Waals surface area contributed by atoms with Gasteiger partial charge >= 0.3 is 0 Å². The minimum absolute atomic E-state index is 0.0524. The van der Waals surface area contributed by atoms with Crippen molar-refractivity contribution in [3.63, 3.8) is 0 Å². The molecule has 0 aliphatic carbocycles. The molecule has 0 fully saturated rings. The molecule has 138 valence electrons. The molecular formula is C20H24N2O3S. The molecular weight excluding hydrogens is 348 g/mol. The summed E-state index contributed by atoms with van der Waals surface area (Å²) < 4.78 is 25.5. The molecule has 1 aliphatic rings. The van der Waals surface area contributed by atoms with Gasteiger partial charge in [0.2, 0.25) is 10.0 Å². The molecule has 0 radical (unpaired) electrons. The number of fused-ring (bicyclic) bond motifs is 1. The van der Waals surface area contributed by atoms with E-state index in [1.54, 1.807) is 24.1 Å². The molecule has 1 heterocycles. The van der Waals surface area contributed by atoms with E-state index in [2.05, 4.69) is 0 Å². The highest BCUT2D eigenvalue weighted by atomic mass is 32.2. The van der Waals surface area contributed by atoms with Gasteiger partial charge in [0.05, 0.1) is 18.0 Å². The van der Waals surface area contributed by atoms with Crippen molar-refractivity contribution in [3.8, 4) is 0 Å². The maximum Gasteiger partial charge on any atom is 0.254 e. The summed E-state index contributed by atoms with van der Waals surface area (Å²) in [7, 11) is -1.54. The van der Waals surface area contributed by atoms with Crippen LogP contribution in [0.25, 0.3) is 0 Å². The third-order valence-corrected chi connectivity index (χ3v) is 6.29. The standard InChI is InChI=1S/C20H24N2O3S/c1-14-12-18-13-17(10-11-19(18)22(14)26(4,24)25)20(23)21(3)15(2)16-8-6-5-7-9-16/h5-11,13-15H,12H2,1-4H3/t14-,15-/m0/s1. The summed E-state index contributed by atoms with van der Waals surface area (Å²) in [4.78, 5) is 14.6. The van der Waals surface area contributed by atoms with Crippen molar-refractivity contribution >= 4 is 21.6 Å². The maximum absolute atomic E-state index is 12.9. The smallest absolute Gasteiger partial charge is 0.254 e. The second-order valence-electron chi connectivity index (χ2n) is 6.96. The summed E-state index contributed by atoms with van der Waals surface area (Å²) in [5, 5.41) is 0. The molecule has 0 saturated heterocycles. The zero-order valence-electron chi connectivity index (χ0n) is 15.5. The van der Waals surface area contributed by atoms with Crippen LogP contribution in [-0.2, 0) is 16.4 Å². The van der Waals surface area contributed by atoms with E-state index in [1.807, 2.05) is 50.2 Å². The van der Waals surface area contributed by atoms with Crippen molar-refractivity contribution in [2.75, 3.05) is 17.6 Å². The van der Waals surface area contributed by atoms with Crippen LogP contribution >= 0.6 is 0 Å². The summed E-state index contributed by atoms with van der Waals surface area (Å²) in [6.07, 6.45) is 1.83. The van der Waals surface area contributed by atoms with Crippen LogP contribution in [0.15, 0.2) is 48.5 Å². The Labute approximate surface area is 155 Å². The monoisotopic (exact) mass is 372 g/mol. The van der Waals surface area contributed by atoms with Crippen molar-refractivity contribution in [2.45, 2.75) is 32.4 Å². The molecule has 26 heavy (non-hydrogen) atoms. The number of benzene rings is 2. The number of sulfonamides is 1. The van der Waals surface area contributed by atoms with Crippen LogP contribution in [0.4, 0.5) is 5.69 Å². The van der Waals surface area contributed by atoms with E-state index < -0.39 is 10.0 Å². The van der Waals surface area contributed by atoms with Crippen molar-refractivity contribution in [2.24, 2.45) is 0 Å². The molecule has 2 atom stereocenters. The quantitative estimate of drug-likeness (QED) is 0.828. The first-order valence-electron chi connectivity index (χ1n) is 8.64. The van der Waals surface area contributed by atoms with Crippen LogP contribution in [0, 0.1) is 0 Å². The van der Waals surface area contributed by atoms with Gasteiger partial charge in [0.1, 0.15) is 0 Å². The van der Waals surface area contributed by atoms with Gasteiger partial charge in [-0.25, -0.2) is 8.42 Å². The van der Waals surface area contributed by atoms with Crippen LogP contribution in [0.2, 0.25) is 0 Å². The largest absolute Gasteiger partial charge is 0.335 e. The number of anilines is 1. The van der Waals surface area contributed by atoms with Gasteiger partial charge < -0.3 is 4.90 Å². The van der Waals surface area contributed by atoms with Crippen LogP contribution in [0.3, 0.4) is 0 Å². The number of rotatable bonds is 4. The van der Waals surface area contributed by atoms with Crippen LogP contribution in [-0.4, -0.2) is 38.6 Å². The van der Waals surface area contributed by atoms with Gasteiger partial charge in [0, 0.05) is 18.7 Å². The number of carbonyl (C=O) groups is 1. The van der Waals surface area contributed by atoms with E-state index in [9.17, 15) is 13.2 Å². The lowest BCUT2D eigenvalue weighted by atomic mass is 10.0. The average molecular weight is 372 g/mol. The Morgan fingerprint density at radius 3 is 2.46 bits per heavy atom. The zero-order chi connectivity index (χ0) is 19.1. The van der Waals surface area contributed by atoms with Crippen molar-refractivity contribution in [1.29, 1.82) is 0 Å². The van der Waals surface area contributed by atoms with E-state index >= 15 is 0 Å². The molecule has 1 amide bonds. The van der Waals surface area contributed by atoms with Gasteiger partial charge in [-0.3, -0.25) is 9.10 Å². The highest BCUT2D eigenvalue weighted by molar-refractivity contribution is 7.92. The lowest BCUT2D eigenvalue weighted by Gasteiger charge is -2.26. The summed E-state index contributed by atoms with van der Waals surface area (Å²) in [6, 6.07) is 15.0. The fraction of sp³-hybridized carbons (Fsp3) is 0.350. The molecule has 0 bridgehead atoms. The van der Waals surface area contributed by atoms with Gasteiger partial charge in [-0.2, -0.15) is 0 Å². The van der Waals surface area contributed by atoms with Crippen LogP contribution in [0.5, 0.6) is 0 Å². The van der Waals surface area contributed by atoms with E-state index in [0.717, 1.165) is 11.1 Å². The Morgan fingerprint density at radius 1 is 1.19 bits per heavy atom. The predicted octanol–water partition coefficient (Wildman–Crippen LogP) is 3.23. The Balaban J connectivity index is 1.87. The van der Waals surface area contributed by atoms with Gasteiger partial charge in [-0.1, -0.05) is 30.3 Å². The number of nitrogens with zero attached hydrogens (tertiary/aromatic N) is 2. The summed E-state index contributed by atoms with van der Waals surface area (Å²) in [5.41, 5.74) is 3.22. The molecule has 0 aromatic heterocycles. The lowest BCUT2D eigenvalue weighted by molar-refractivity contribution is 0.0742. The SMILES string of the molecule is C[C@@H](c1ccccc1)N(C)C(=O)c1ccc2c(c1)C[C@H](C)N2S(C)(=O)=O. The van der Waals surface area contributed by atoms with Crippen molar-refractivity contribution in [3.05, 3.63) is 65.2 Å². The van der Waals surface area contributed by atoms with E-state index in [-0.39, 0.29) is 18.0 Å². The molecule has 0 saturated carbocycles. The third kappa shape index (κ3) is 3.33. The van der Waals surface area contributed by atoms with Gasteiger partial charge in [0.15, 0.2) is 0 Å². The summed E-state index contributed by atoms with van der Waals surface area (Å²) >= 11 is 0. The highest BCUT2D eigenvalue weighted by Crippen LogP contribution is 2.35. The molecule has 5 nitrogen and oxygen atoms in total. The number of hydrogen-bond donors (Lipinski definition) is 0. The molecule has 2 aromatic rings. The normalized spacial score (nSPS) is 17.7. The van der Waals surface area contributed by atoms with E-state index in [1.165, 1.54) is 10.6 Å². The predicted molar refractivity (Wildman–Crippen MR) is 104 cm³/mol. The molecule has 2 aromatic carbocycles. The van der Waals surface area contributed by atoms with E-state index in [0.29, 0.717) is 17.7 Å². The fourth-order valence-corrected chi connectivity index (χ4v) is 4.84. The Morgan fingerprint density at radius 2 is 1.85 bits per heavy atom. The zero-order valence-corrected chi connectivity index (χ0v) is 16.3. The molecule has 3 rings (SSSR count). The first-order valence-corrected chi connectivity index (χ1v) is 10.5.